The number of hydrogen-bond acceptors (Lipinski definition) is 4. The van der Waals surface area contributed by atoms with Crippen molar-refractivity contribution in [1.82, 2.24) is 5.32 Å². The topological polar surface area (TPSA) is 58.4 Å². The van der Waals surface area contributed by atoms with Gasteiger partial charge in [0.15, 0.2) is 0 Å². The summed E-state index contributed by atoms with van der Waals surface area (Å²) in [6.07, 6.45) is 0. The van der Waals surface area contributed by atoms with Crippen molar-refractivity contribution < 1.29 is 4.79 Å². The van der Waals surface area contributed by atoms with Gasteiger partial charge in [-0.1, -0.05) is 13.8 Å². The van der Waals surface area contributed by atoms with Crippen LogP contribution in [-0.2, 0) is 0 Å². The van der Waals surface area contributed by atoms with Crippen LogP contribution in [0.2, 0.25) is 0 Å². The first-order valence-electron chi connectivity index (χ1n) is 5.84. The van der Waals surface area contributed by atoms with Crippen molar-refractivity contribution in [2.45, 2.75) is 20.8 Å². The molecule has 0 atom stereocenters. The minimum absolute atomic E-state index is 0.0841. The van der Waals surface area contributed by atoms with Crippen LogP contribution in [0, 0.1) is 5.92 Å². The molecule has 3 N–H and O–H groups in total. The number of nitrogens with one attached hydrogen (secondary N) is 1. The summed E-state index contributed by atoms with van der Waals surface area (Å²) in [7, 11) is 2.02. The van der Waals surface area contributed by atoms with Crippen molar-refractivity contribution in [3.05, 3.63) is 10.9 Å². The number of amides is 1. The summed E-state index contributed by atoms with van der Waals surface area (Å²) in [6, 6.07) is 1.87. The van der Waals surface area contributed by atoms with Crippen LogP contribution >= 0.6 is 11.3 Å². The average molecular weight is 255 g/mol. The lowest BCUT2D eigenvalue weighted by Crippen LogP contribution is -2.22. The lowest BCUT2D eigenvalue weighted by atomic mass is 10.2. The van der Waals surface area contributed by atoms with E-state index in [9.17, 15) is 4.79 Å². The van der Waals surface area contributed by atoms with E-state index in [4.69, 9.17) is 5.73 Å². The highest BCUT2D eigenvalue weighted by atomic mass is 32.1. The van der Waals surface area contributed by atoms with Crippen molar-refractivity contribution in [3.8, 4) is 0 Å². The Labute approximate surface area is 107 Å². The van der Waals surface area contributed by atoms with Crippen LogP contribution in [0.1, 0.15) is 30.4 Å². The van der Waals surface area contributed by atoms with Crippen molar-refractivity contribution in [2.24, 2.45) is 5.92 Å². The van der Waals surface area contributed by atoms with E-state index in [1.54, 1.807) is 0 Å². The Kier molecular flexibility index (Phi) is 4.81. The van der Waals surface area contributed by atoms with Crippen LogP contribution in [0.5, 0.6) is 0 Å². The fourth-order valence-corrected chi connectivity index (χ4v) is 2.60. The number of nitrogen functional groups attached to an aromatic ring is 1. The zero-order valence-corrected chi connectivity index (χ0v) is 11.7. The molecule has 0 bridgehead atoms. The Hall–Kier alpha value is -1.23. The fourth-order valence-electron chi connectivity index (χ4n) is 1.64. The van der Waals surface area contributed by atoms with E-state index in [2.05, 4.69) is 24.1 Å². The predicted molar refractivity (Wildman–Crippen MR) is 74.8 cm³/mol. The molecule has 0 unspecified atom stereocenters. The van der Waals surface area contributed by atoms with Gasteiger partial charge in [0, 0.05) is 20.1 Å². The van der Waals surface area contributed by atoms with Gasteiger partial charge in [0.2, 0.25) is 0 Å². The van der Waals surface area contributed by atoms with Gasteiger partial charge < -0.3 is 16.0 Å². The monoisotopic (exact) mass is 255 g/mol. The van der Waals surface area contributed by atoms with E-state index in [0.29, 0.717) is 23.0 Å². The lowest BCUT2D eigenvalue weighted by molar-refractivity contribution is 0.0960. The quantitative estimate of drug-likeness (QED) is 0.848. The van der Waals surface area contributed by atoms with Crippen LogP contribution in [0.15, 0.2) is 6.07 Å². The summed E-state index contributed by atoms with van der Waals surface area (Å²) in [6.45, 7) is 7.80. The second kappa shape index (κ2) is 5.91. The normalized spacial score (nSPS) is 10.6. The molecule has 5 heteroatoms. The number of carbonyl (C=O) groups is 1. The molecule has 96 valence electrons. The summed E-state index contributed by atoms with van der Waals surface area (Å²) in [5, 5.41) is 3.81. The van der Waals surface area contributed by atoms with Gasteiger partial charge in [0.1, 0.15) is 4.88 Å². The molecule has 0 spiro atoms. The molecule has 0 saturated carbocycles. The van der Waals surface area contributed by atoms with Gasteiger partial charge in [-0.2, -0.15) is 0 Å². The first-order chi connectivity index (χ1) is 7.95. The summed E-state index contributed by atoms with van der Waals surface area (Å²) in [5.74, 6) is 0.496. The Morgan fingerprint density at radius 3 is 2.76 bits per heavy atom. The largest absolute Gasteiger partial charge is 0.397 e. The van der Waals surface area contributed by atoms with E-state index in [1.165, 1.54) is 11.3 Å². The minimum atomic E-state index is -0.0841. The first kappa shape index (κ1) is 13.8. The molecule has 0 aromatic carbocycles. The number of anilines is 2. The van der Waals surface area contributed by atoms with E-state index >= 15 is 0 Å². The van der Waals surface area contributed by atoms with Crippen LogP contribution in [0.4, 0.5) is 10.7 Å². The van der Waals surface area contributed by atoms with Crippen LogP contribution in [0.3, 0.4) is 0 Å². The Morgan fingerprint density at radius 2 is 2.24 bits per heavy atom. The summed E-state index contributed by atoms with van der Waals surface area (Å²) >= 11 is 1.45. The third-order valence-corrected chi connectivity index (χ3v) is 3.57. The van der Waals surface area contributed by atoms with Crippen LogP contribution in [0.25, 0.3) is 0 Å². The van der Waals surface area contributed by atoms with E-state index in [1.807, 2.05) is 20.0 Å². The fraction of sp³-hybridized carbons (Fsp3) is 0.583. The molecular formula is C12H21N3OS. The van der Waals surface area contributed by atoms with Crippen molar-refractivity contribution in [1.29, 1.82) is 0 Å². The molecule has 17 heavy (non-hydrogen) atoms. The Balaban J connectivity index is 2.84. The van der Waals surface area contributed by atoms with Gasteiger partial charge in [-0.25, -0.2) is 0 Å². The minimum Gasteiger partial charge on any atom is -0.397 e. The maximum Gasteiger partial charge on any atom is 0.263 e. The number of carbonyl (C=O) groups excluding carboxylic acids is 1. The molecule has 0 fully saturated rings. The molecular weight excluding hydrogens is 234 g/mol. The predicted octanol–water partition coefficient (Wildman–Crippen LogP) is 2.17. The second-order valence-electron chi connectivity index (χ2n) is 4.50. The third-order valence-electron chi connectivity index (χ3n) is 2.31. The second-order valence-corrected chi connectivity index (χ2v) is 5.53. The lowest BCUT2D eigenvalue weighted by Gasteiger charge is -2.18. The average Bonchev–Trinajstić information content (AvgIpc) is 2.60. The van der Waals surface area contributed by atoms with Gasteiger partial charge in [-0.05, 0) is 18.9 Å². The van der Waals surface area contributed by atoms with Crippen molar-refractivity contribution >= 4 is 27.9 Å². The SMILES string of the molecule is CCNC(=O)c1sc(N(C)CC(C)C)cc1N. The van der Waals surface area contributed by atoms with E-state index in [-0.39, 0.29) is 5.91 Å². The first-order valence-corrected chi connectivity index (χ1v) is 6.66. The molecule has 0 aliphatic carbocycles. The zero-order valence-electron chi connectivity index (χ0n) is 10.9. The standard InChI is InChI=1S/C12H21N3OS/c1-5-14-12(16)11-9(13)6-10(17-11)15(4)7-8(2)3/h6,8H,5,7,13H2,1-4H3,(H,14,16). The van der Waals surface area contributed by atoms with Crippen LogP contribution < -0.4 is 16.0 Å². The number of nitrogens with zero attached hydrogens (tertiary/aromatic N) is 1. The highest BCUT2D eigenvalue weighted by molar-refractivity contribution is 7.18. The highest BCUT2D eigenvalue weighted by Crippen LogP contribution is 2.31. The van der Waals surface area contributed by atoms with E-state index in [0.717, 1.165) is 11.5 Å². The van der Waals surface area contributed by atoms with Gasteiger partial charge in [-0.3, -0.25) is 4.79 Å². The molecule has 1 rings (SSSR count). The van der Waals surface area contributed by atoms with Crippen molar-refractivity contribution in [3.63, 3.8) is 0 Å². The summed E-state index contributed by atoms with van der Waals surface area (Å²) < 4.78 is 0. The molecule has 1 aromatic heterocycles. The number of nitrogens with two attached hydrogens (primary N) is 1. The molecule has 1 heterocycles. The number of thiophene rings is 1. The molecule has 0 radical (unpaired) electrons. The maximum absolute atomic E-state index is 11.7. The van der Waals surface area contributed by atoms with E-state index < -0.39 is 0 Å². The number of rotatable bonds is 5. The Bertz CT molecular complexity index is 387. The molecule has 4 nitrogen and oxygen atoms in total. The number of hydrogen-bond donors (Lipinski definition) is 2. The molecule has 0 aliphatic rings. The van der Waals surface area contributed by atoms with Gasteiger partial charge >= 0.3 is 0 Å². The molecule has 1 amide bonds. The van der Waals surface area contributed by atoms with Crippen molar-refractivity contribution in [2.75, 3.05) is 30.8 Å². The molecule has 0 saturated heterocycles. The smallest absolute Gasteiger partial charge is 0.263 e. The molecule has 1 aromatic rings. The highest BCUT2D eigenvalue weighted by Gasteiger charge is 2.15. The zero-order chi connectivity index (χ0) is 13.0. The van der Waals surface area contributed by atoms with Crippen LogP contribution in [-0.4, -0.2) is 26.0 Å². The van der Waals surface area contributed by atoms with Gasteiger partial charge in [0.05, 0.1) is 10.7 Å². The van der Waals surface area contributed by atoms with Gasteiger partial charge in [0.25, 0.3) is 5.91 Å². The third kappa shape index (κ3) is 3.63. The van der Waals surface area contributed by atoms with Gasteiger partial charge in [-0.15, -0.1) is 11.3 Å². The summed E-state index contributed by atoms with van der Waals surface area (Å²) in [4.78, 5) is 14.5. The maximum atomic E-state index is 11.7. The summed E-state index contributed by atoms with van der Waals surface area (Å²) in [5.41, 5.74) is 6.43. The Morgan fingerprint density at radius 1 is 1.59 bits per heavy atom. The molecule has 0 aliphatic heterocycles.